The molecule has 8 heteroatoms. The molecule has 124 valence electrons. The summed E-state index contributed by atoms with van der Waals surface area (Å²) in [5, 5.41) is 5.40. The highest BCUT2D eigenvalue weighted by Gasteiger charge is 2.23. The van der Waals surface area contributed by atoms with Crippen molar-refractivity contribution in [2.75, 3.05) is 18.2 Å². The number of fused-ring (bicyclic) bond motifs is 3. The molecule has 0 amide bonds. The van der Waals surface area contributed by atoms with E-state index in [4.69, 9.17) is 27.1 Å². The van der Waals surface area contributed by atoms with Crippen LogP contribution in [0.25, 0.3) is 10.6 Å². The number of halogens is 1. The molecule has 0 bridgehead atoms. The normalized spacial score (nSPS) is 13.1. The second-order valence-electron chi connectivity index (χ2n) is 5.44. The van der Waals surface area contributed by atoms with E-state index in [9.17, 15) is 0 Å². The molecule has 0 spiro atoms. The van der Waals surface area contributed by atoms with Gasteiger partial charge in [-0.1, -0.05) is 22.9 Å². The molecule has 1 aromatic carbocycles. The van der Waals surface area contributed by atoms with Gasteiger partial charge in [0.1, 0.15) is 5.75 Å². The first-order valence-corrected chi connectivity index (χ1v) is 9.51. The SMILES string of the molecule is COc1ccc(Cl)cc1Nc1nc2c(s1)CCCc1nc(N)sc1-2. The zero-order valence-corrected chi connectivity index (χ0v) is 15.3. The Labute approximate surface area is 152 Å². The Hall–Kier alpha value is -1.83. The molecule has 0 saturated heterocycles. The maximum absolute atomic E-state index is 6.10. The summed E-state index contributed by atoms with van der Waals surface area (Å²) in [6.07, 6.45) is 3.02. The van der Waals surface area contributed by atoms with Gasteiger partial charge in [-0.15, -0.1) is 11.3 Å². The molecular weight excluding hydrogens is 364 g/mol. The van der Waals surface area contributed by atoms with Crippen LogP contribution in [0.1, 0.15) is 17.0 Å². The fourth-order valence-electron chi connectivity index (χ4n) is 2.79. The number of benzene rings is 1. The van der Waals surface area contributed by atoms with Crippen molar-refractivity contribution in [3.8, 4) is 16.3 Å². The summed E-state index contributed by atoms with van der Waals surface area (Å²) < 4.78 is 5.39. The van der Waals surface area contributed by atoms with Crippen LogP contribution in [0.5, 0.6) is 5.75 Å². The quantitative estimate of drug-likeness (QED) is 0.688. The minimum atomic E-state index is 0.604. The van der Waals surface area contributed by atoms with Crippen LogP contribution in [0.4, 0.5) is 16.0 Å². The van der Waals surface area contributed by atoms with Gasteiger partial charge in [0.05, 0.1) is 29.1 Å². The Kier molecular flexibility index (Phi) is 4.07. The van der Waals surface area contributed by atoms with Crippen molar-refractivity contribution >= 4 is 50.2 Å². The molecular formula is C16H15ClN4OS2. The lowest BCUT2D eigenvalue weighted by Crippen LogP contribution is -1.94. The fraction of sp³-hybridized carbons (Fsp3) is 0.250. The van der Waals surface area contributed by atoms with E-state index < -0.39 is 0 Å². The van der Waals surface area contributed by atoms with Crippen molar-refractivity contribution in [2.45, 2.75) is 19.3 Å². The number of thiazole rings is 2. The van der Waals surface area contributed by atoms with Crippen molar-refractivity contribution in [3.05, 3.63) is 33.8 Å². The summed E-state index contributed by atoms with van der Waals surface area (Å²) in [4.78, 5) is 11.6. The standard InChI is InChI=1S/C16H15ClN4OS2/c1-22-11-6-5-8(17)7-10(11)20-16-21-13-12(23-16)4-2-3-9-14(13)24-15(18)19-9/h5-7H,2-4H2,1H3,(H2,18,19)(H,20,21). The Morgan fingerprint density at radius 3 is 2.96 bits per heavy atom. The number of aromatic nitrogens is 2. The van der Waals surface area contributed by atoms with E-state index in [0.29, 0.717) is 10.2 Å². The van der Waals surface area contributed by atoms with E-state index in [1.807, 2.05) is 12.1 Å². The van der Waals surface area contributed by atoms with Gasteiger partial charge in [0.25, 0.3) is 0 Å². The number of methoxy groups -OCH3 is 1. The number of nitrogens with one attached hydrogen (secondary N) is 1. The van der Waals surface area contributed by atoms with Crippen molar-refractivity contribution in [2.24, 2.45) is 0 Å². The average molecular weight is 379 g/mol. The molecule has 2 aromatic heterocycles. The highest BCUT2D eigenvalue weighted by Crippen LogP contribution is 2.42. The lowest BCUT2D eigenvalue weighted by atomic mass is 10.2. The van der Waals surface area contributed by atoms with Crippen LogP contribution in [0, 0.1) is 0 Å². The van der Waals surface area contributed by atoms with Gasteiger partial charge in [-0.2, -0.15) is 0 Å². The Morgan fingerprint density at radius 2 is 2.12 bits per heavy atom. The number of aryl methyl sites for hydroxylation is 2. The van der Waals surface area contributed by atoms with E-state index in [2.05, 4.69) is 10.3 Å². The van der Waals surface area contributed by atoms with Gasteiger partial charge < -0.3 is 15.8 Å². The van der Waals surface area contributed by atoms with E-state index in [0.717, 1.165) is 52.1 Å². The number of nitrogen functional groups attached to an aromatic ring is 1. The molecule has 3 aromatic rings. The first-order valence-electron chi connectivity index (χ1n) is 7.50. The molecule has 0 unspecified atom stereocenters. The minimum Gasteiger partial charge on any atom is -0.495 e. The number of nitrogens with two attached hydrogens (primary N) is 1. The summed E-state index contributed by atoms with van der Waals surface area (Å²) in [7, 11) is 1.64. The summed E-state index contributed by atoms with van der Waals surface area (Å²) in [6, 6.07) is 5.48. The lowest BCUT2D eigenvalue weighted by molar-refractivity contribution is 0.417. The monoisotopic (exact) mass is 378 g/mol. The number of ether oxygens (including phenoxy) is 1. The maximum atomic E-state index is 6.10. The predicted octanol–water partition coefficient (Wildman–Crippen LogP) is 4.74. The Balaban J connectivity index is 1.72. The van der Waals surface area contributed by atoms with Crippen LogP contribution in [-0.2, 0) is 12.8 Å². The molecule has 1 aliphatic rings. The van der Waals surface area contributed by atoms with Gasteiger partial charge in [0, 0.05) is 9.90 Å². The minimum absolute atomic E-state index is 0.604. The number of anilines is 3. The second-order valence-corrected chi connectivity index (χ2v) is 7.99. The van der Waals surface area contributed by atoms with Gasteiger partial charge in [-0.25, -0.2) is 9.97 Å². The van der Waals surface area contributed by atoms with Crippen LogP contribution in [0.15, 0.2) is 18.2 Å². The van der Waals surface area contributed by atoms with Crippen LogP contribution in [0.2, 0.25) is 5.02 Å². The topological polar surface area (TPSA) is 73.1 Å². The van der Waals surface area contributed by atoms with Gasteiger partial charge in [0.2, 0.25) is 0 Å². The molecule has 24 heavy (non-hydrogen) atoms. The van der Waals surface area contributed by atoms with Crippen molar-refractivity contribution in [1.82, 2.24) is 9.97 Å². The second kappa shape index (κ2) is 6.23. The summed E-state index contributed by atoms with van der Waals surface area (Å²) >= 11 is 9.27. The molecule has 3 N–H and O–H groups in total. The van der Waals surface area contributed by atoms with E-state index in [1.165, 1.54) is 16.2 Å². The summed E-state index contributed by atoms with van der Waals surface area (Å²) in [5.41, 5.74) is 8.76. The largest absolute Gasteiger partial charge is 0.495 e. The number of hydrogen-bond acceptors (Lipinski definition) is 7. The molecule has 1 aliphatic carbocycles. The highest BCUT2D eigenvalue weighted by molar-refractivity contribution is 7.20. The lowest BCUT2D eigenvalue weighted by Gasteiger charge is -2.09. The van der Waals surface area contributed by atoms with Gasteiger partial charge >= 0.3 is 0 Å². The fourth-order valence-corrected chi connectivity index (χ4v) is 4.94. The third-order valence-electron chi connectivity index (χ3n) is 3.85. The third-order valence-corrected chi connectivity index (χ3v) is 6.05. The molecule has 0 fully saturated rings. The van der Waals surface area contributed by atoms with Gasteiger partial charge in [-0.3, -0.25) is 0 Å². The van der Waals surface area contributed by atoms with Crippen molar-refractivity contribution < 1.29 is 4.74 Å². The van der Waals surface area contributed by atoms with E-state index in [1.54, 1.807) is 24.5 Å². The third kappa shape index (κ3) is 2.83. The Morgan fingerprint density at radius 1 is 1.25 bits per heavy atom. The highest BCUT2D eigenvalue weighted by atomic mass is 35.5. The molecule has 0 aliphatic heterocycles. The predicted molar refractivity (Wildman–Crippen MR) is 101 cm³/mol. The number of hydrogen-bond donors (Lipinski definition) is 2. The number of nitrogens with zero attached hydrogens (tertiary/aromatic N) is 2. The Bertz CT molecular complexity index is 906. The number of rotatable bonds is 3. The molecule has 0 radical (unpaired) electrons. The summed E-state index contributed by atoms with van der Waals surface area (Å²) in [5.74, 6) is 0.729. The van der Waals surface area contributed by atoms with Gasteiger partial charge in [-0.05, 0) is 37.5 Å². The first-order chi connectivity index (χ1) is 11.6. The van der Waals surface area contributed by atoms with Crippen LogP contribution in [0.3, 0.4) is 0 Å². The van der Waals surface area contributed by atoms with Crippen LogP contribution >= 0.6 is 34.3 Å². The zero-order chi connectivity index (χ0) is 16.7. The zero-order valence-electron chi connectivity index (χ0n) is 12.9. The maximum Gasteiger partial charge on any atom is 0.188 e. The molecule has 0 saturated carbocycles. The van der Waals surface area contributed by atoms with Gasteiger partial charge in [0.15, 0.2) is 10.3 Å². The van der Waals surface area contributed by atoms with Crippen molar-refractivity contribution in [3.63, 3.8) is 0 Å². The molecule has 4 rings (SSSR count). The van der Waals surface area contributed by atoms with Crippen LogP contribution < -0.4 is 15.8 Å². The molecule has 5 nitrogen and oxygen atoms in total. The van der Waals surface area contributed by atoms with Crippen molar-refractivity contribution in [1.29, 1.82) is 0 Å². The van der Waals surface area contributed by atoms with E-state index >= 15 is 0 Å². The van der Waals surface area contributed by atoms with Crippen LogP contribution in [-0.4, -0.2) is 17.1 Å². The molecule has 0 atom stereocenters. The van der Waals surface area contributed by atoms with E-state index in [-0.39, 0.29) is 0 Å². The first kappa shape index (κ1) is 15.7. The average Bonchev–Trinajstić information content (AvgIpc) is 3.07. The summed E-state index contributed by atoms with van der Waals surface area (Å²) in [6.45, 7) is 0. The smallest absolute Gasteiger partial charge is 0.188 e. The molecule has 2 heterocycles.